The molecule has 0 aromatic heterocycles. The summed E-state index contributed by atoms with van der Waals surface area (Å²) < 4.78 is 11.6. The van der Waals surface area contributed by atoms with Crippen molar-refractivity contribution in [1.29, 1.82) is 0 Å². The summed E-state index contributed by atoms with van der Waals surface area (Å²) in [6.07, 6.45) is -0.657. The number of nitrogens with zero attached hydrogens (tertiary/aromatic N) is 1. The van der Waals surface area contributed by atoms with Crippen molar-refractivity contribution < 1.29 is 4.39 Å². The van der Waals surface area contributed by atoms with E-state index in [4.69, 9.17) is 5.84 Å². The molecule has 1 aliphatic heterocycles. The Kier molecular flexibility index (Phi) is 0.782. The lowest BCUT2D eigenvalue weighted by Gasteiger charge is -2.28. The number of hydrogen-bond acceptors (Lipinski definition) is 2. The zero-order valence-electron chi connectivity index (χ0n) is 3.39. The molecule has 1 rings (SSSR count). The molecule has 2 nitrogen and oxygen atoms in total. The Balaban J connectivity index is 2.11. The second kappa shape index (κ2) is 1.17. The van der Waals surface area contributed by atoms with E-state index in [1.807, 2.05) is 0 Å². The van der Waals surface area contributed by atoms with Crippen molar-refractivity contribution in [3.8, 4) is 0 Å². The lowest BCUT2D eigenvalue weighted by molar-refractivity contribution is 0.0663. The zero-order valence-corrected chi connectivity index (χ0v) is 3.39. The van der Waals surface area contributed by atoms with Crippen molar-refractivity contribution in [3.63, 3.8) is 0 Å². The van der Waals surface area contributed by atoms with E-state index in [9.17, 15) is 4.39 Å². The molecule has 0 aromatic rings. The first-order valence-corrected chi connectivity index (χ1v) is 1.93. The molecule has 6 heavy (non-hydrogen) atoms. The average molecular weight is 90.1 g/mol. The molecule has 1 aliphatic rings. The highest BCUT2D eigenvalue weighted by molar-refractivity contribution is 4.73. The van der Waals surface area contributed by atoms with E-state index in [1.165, 1.54) is 5.01 Å². The van der Waals surface area contributed by atoms with E-state index in [-0.39, 0.29) is 0 Å². The van der Waals surface area contributed by atoms with Gasteiger partial charge in [0, 0.05) is 13.1 Å². The number of alkyl halides is 1. The van der Waals surface area contributed by atoms with Crippen LogP contribution in [0.15, 0.2) is 0 Å². The van der Waals surface area contributed by atoms with Crippen LogP contribution in [0.5, 0.6) is 0 Å². The molecule has 36 valence electrons. The Hall–Kier alpha value is -0.150. The molecular formula is C3H7FN2. The average Bonchev–Trinajstić information content (AvgIpc) is 1.33. The minimum absolute atomic E-state index is 0.417. The Bertz CT molecular complexity index is 44.8. The summed E-state index contributed by atoms with van der Waals surface area (Å²) in [4.78, 5) is 0. The smallest absolute Gasteiger partial charge is 0.128 e. The maximum absolute atomic E-state index is 11.6. The summed E-state index contributed by atoms with van der Waals surface area (Å²) in [5, 5.41) is 1.45. The predicted molar refractivity (Wildman–Crippen MR) is 20.7 cm³/mol. The van der Waals surface area contributed by atoms with Gasteiger partial charge in [0.05, 0.1) is 0 Å². The monoisotopic (exact) mass is 90.1 g/mol. The summed E-state index contributed by atoms with van der Waals surface area (Å²) in [6.45, 7) is 0.833. The summed E-state index contributed by atoms with van der Waals surface area (Å²) in [7, 11) is 0. The SMILES string of the molecule is NN1CC(F)C1. The van der Waals surface area contributed by atoms with E-state index in [1.54, 1.807) is 0 Å². The standard InChI is InChI=1S/C3H7FN2/c4-3-1-6(5)2-3/h3H,1-2,5H2. The van der Waals surface area contributed by atoms with Crippen molar-refractivity contribution in [3.05, 3.63) is 0 Å². The van der Waals surface area contributed by atoms with Gasteiger partial charge >= 0.3 is 0 Å². The van der Waals surface area contributed by atoms with E-state index in [2.05, 4.69) is 0 Å². The maximum Gasteiger partial charge on any atom is 0.128 e. The fraction of sp³-hybridized carbons (Fsp3) is 1.00. The van der Waals surface area contributed by atoms with Crippen LogP contribution >= 0.6 is 0 Å². The summed E-state index contributed by atoms with van der Waals surface area (Å²) in [5.74, 6) is 5.06. The van der Waals surface area contributed by atoms with Crippen LogP contribution in [0.2, 0.25) is 0 Å². The molecule has 1 fully saturated rings. The predicted octanol–water partition coefficient (Wildman–Crippen LogP) is -0.486. The van der Waals surface area contributed by atoms with Crippen molar-refractivity contribution in [2.75, 3.05) is 13.1 Å². The van der Waals surface area contributed by atoms with Crippen LogP contribution in [-0.2, 0) is 0 Å². The molecule has 1 saturated heterocycles. The highest BCUT2D eigenvalue weighted by Gasteiger charge is 2.21. The van der Waals surface area contributed by atoms with Gasteiger partial charge in [0.15, 0.2) is 0 Å². The van der Waals surface area contributed by atoms with Gasteiger partial charge in [0.2, 0.25) is 0 Å². The molecule has 2 N–H and O–H groups in total. The van der Waals surface area contributed by atoms with Crippen molar-refractivity contribution in [2.45, 2.75) is 6.17 Å². The quantitative estimate of drug-likeness (QED) is 0.407. The van der Waals surface area contributed by atoms with Crippen molar-refractivity contribution in [2.24, 2.45) is 5.84 Å². The lowest BCUT2D eigenvalue weighted by atomic mass is 10.2. The lowest BCUT2D eigenvalue weighted by Crippen LogP contribution is -2.52. The molecule has 0 amide bonds. The Morgan fingerprint density at radius 2 is 2.17 bits per heavy atom. The fourth-order valence-corrected chi connectivity index (χ4v) is 0.455. The molecule has 0 radical (unpaired) electrons. The van der Waals surface area contributed by atoms with Crippen LogP contribution in [0.3, 0.4) is 0 Å². The third-order valence-electron chi connectivity index (χ3n) is 0.865. The van der Waals surface area contributed by atoms with Gasteiger partial charge < -0.3 is 0 Å². The minimum atomic E-state index is -0.657. The van der Waals surface area contributed by atoms with Crippen LogP contribution in [0.1, 0.15) is 0 Å². The molecule has 0 spiro atoms. The number of halogens is 1. The van der Waals surface area contributed by atoms with E-state index in [0.717, 1.165) is 0 Å². The van der Waals surface area contributed by atoms with Crippen LogP contribution < -0.4 is 5.84 Å². The Morgan fingerprint density at radius 1 is 1.67 bits per heavy atom. The van der Waals surface area contributed by atoms with E-state index < -0.39 is 6.17 Å². The molecule has 1 heterocycles. The molecule has 0 unspecified atom stereocenters. The minimum Gasteiger partial charge on any atom is -0.269 e. The zero-order chi connectivity index (χ0) is 4.57. The van der Waals surface area contributed by atoms with Gasteiger partial charge in [-0.3, -0.25) is 5.84 Å². The van der Waals surface area contributed by atoms with Gasteiger partial charge in [0.1, 0.15) is 6.17 Å². The number of hydrogen-bond donors (Lipinski definition) is 1. The first-order chi connectivity index (χ1) is 2.79. The second-order valence-corrected chi connectivity index (χ2v) is 1.55. The van der Waals surface area contributed by atoms with E-state index >= 15 is 0 Å². The number of hydrazine groups is 1. The Morgan fingerprint density at radius 3 is 2.17 bits per heavy atom. The first kappa shape index (κ1) is 4.02. The Labute approximate surface area is 35.7 Å². The van der Waals surface area contributed by atoms with Gasteiger partial charge in [-0.2, -0.15) is 0 Å². The van der Waals surface area contributed by atoms with Crippen molar-refractivity contribution in [1.82, 2.24) is 5.01 Å². The van der Waals surface area contributed by atoms with Gasteiger partial charge in [-0.1, -0.05) is 0 Å². The molecule has 0 saturated carbocycles. The molecule has 3 heteroatoms. The largest absolute Gasteiger partial charge is 0.269 e. The molecular weight excluding hydrogens is 83.0 g/mol. The molecule has 0 atom stereocenters. The molecule has 0 aromatic carbocycles. The summed E-state index contributed by atoms with van der Waals surface area (Å²) in [6, 6.07) is 0. The van der Waals surface area contributed by atoms with Crippen LogP contribution in [0.25, 0.3) is 0 Å². The summed E-state index contributed by atoms with van der Waals surface area (Å²) >= 11 is 0. The topological polar surface area (TPSA) is 29.3 Å². The fourth-order valence-electron chi connectivity index (χ4n) is 0.455. The van der Waals surface area contributed by atoms with Gasteiger partial charge in [-0.05, 0) is 0 Å². The van der Waals surface area contributed by atoms with Crippen LogP contribution in [0.4, 0.5) is 4.39 Å². The van der Waals surface area contributed by atoms with Crippen molar-refractivity contribution >= 4 is 0 Å². The number of nitrogens with two attached hydrogens (primary N) is 1. The second-order valence-electron chi connectivity index (χ2n) is 1.55. The number of rotatable bonds is 0. The third-order valence-corrected chi connectivity index (χ3v) is 0.865. The first-order valence-electron chi connectivity index (χ1n) is 1.93. The van der Waals surface area contributed by atoms with Gasteiger partial charge in [-0.25, -0.2) is 9.40 Å². The highest BCUT2D eigenvalue weighted by atomic mass is 19.1. The van der Waals surface area contributed by atoms with Crippen LogP contribution in [-0.4, -0.2) is 24.3 Å². The highest BCUT2D eigenvalue weighted by Crippen LogP contribution is 2.03. The van der Waals surface area contributed by atoms with Crippen LogP contribution in [0, 0.1) is 0 Å². The van der Waals surface area contributed by atoms with E-state index in [0.29, 0.717) is 13.1 Å². The normalized spacial score (nSPS) is 27.0. The summed E-state index contributed by atoms with van der Waals surface area (Å²) in [5.41, 5.74) is 0. The third kappa shape index (κ3) is 0.507. The molecule has 0 bridgehead atoms. The van der Waals surface area contributed by atoms with Gasteiger partial charge in [-0.15, -0.1) is 0 Å². The van der Waals surface area contributed by atoms with Gasteiger partial charge in [0.25, 0.3) is 0 Å². The maximum atomic E-state index is 11.6. The molecule has 0 aliphatic carbocycles.